The highest BCUT2D eigenvalue weighted by molar-refractivity contribution is 5.84. The number of carboxylic acids is 1. The van der Waals surface area contributed by atoms with E-state index in [-0.39, 0.29) is 24.3 Å². The number of nitrogens with zero attached hydrogens (tertiary/aromatic N) is 1. The molecule has 1 rings (SSSR count). The fourth-order valence-electron chi connectivity index (χ4n) is 2.17. The van der Waals surface area contributed by atoms with Gasteiger partial charge in [0.25, 0.3) is 0 Å². The van der Waals surface area contributed by atoms with E-state index in [0.717, 1.165) is 12.8 Å². The van der Waals surface area contributed by atoms with Crippen molar-refractivity contribution in [2.45, 2.75) is 52.5 Å². The van der Waals surface area contributed by atoms with Crippen molar-refractivity contribution >= 4 is 17.8 Å². The molecule has 0 aliphatic carbocycles. The minimum atomic E-state index is -1.04. The smallest absolute Gasteiger partial charge is 0.309 e. The second-order valence-electron chi connectivity index (χ2n) is 5.94. The molecule has 0 aromatic heterocycles. The fraction of sp³-hybridized carbons (Fsp3) is 0.786. The van der Waals surface area contributed by atoms with E-state index in [0.29, 0.717) is 19.5 Å². The summed E-state index contributed by atoms with van der Waals surface area (Å²) in [6.07, 6.45) is 1.93. The van der Waals surface area contributed by atoms with Crippen molar-refractivity contribution in [3.63, 3.8) is 0 Å². The van der Waals surface area contributed by atoms with E-state index >= 15 is 0 Å². The molecular weight excluding hydrogens is 260 g/mol. The summed E-state index contributed by atoms with van der Waals surface area (Å²) < 4.78 is 0. The average molecular weight is 284 g/mol. The van der Waals surface area contributed by atoms with Gasteiger partial charge in [-0.15, -0.1) is 0 Å². The summed E-state index contributed by atoms with van der Waals surface area (Å²) in [5.74, 6) is -1.06. The molecule has 1 heterocycles. The van der Waals surface area contributed by atoms with Gasteiger partial charge in [0.2, 0.25) is 11.8 Å². The molecule has 2 amide bonds. The molecular formula is C14H24N2O4. The third kappa shape index (κ3) is 4.51. The van der Waals surface area contributed by atoms with Gasteiger partial charge < -0.3 is 15.3 Å². The second kappa shape index (κ2) is 6.72. The Morgan fingerprint density at radius 2 is 1.80 bits per heavy atom. The topological polar surface area (TPSA) is 86.7 Å². The van der Waals surface area contributed by atoms with Crippen molar-refractivity contribution in [3.8, 4) is 0 Å². The van der Waals surface area contributed by atoms with Crippen molar-refractivity contribution in [1.29, 1.82) is 0 Å². The van der Waals surface area contributed by atoms with E-state index in [2.05, 4.69) is 5.32 Å². The quantitative estimate of drug-likeness (QED) is 0.788. The number of nitrogens with one attached hydrogen (secondary N) is 1. The number of likely N-dealkylation sites (tertiary alicyclic amines) is 1. The summed E-state index contributed by atoms with van der Waals surface area (Å²) in [7, 11) is 0. The van der Waals surface area contributed by atoms with Gasteiger partial charge in [-0.05, 0) is 26.7 Å². The third-order valence-corrected chi connectivity index (χ3v) is 3.71. The molecule has 1 fully saturated rings. The number of piperidine rings is 1. The van der Waals surface area contributed by atoms with Gasteiger partial charge in [0.15, 0.2) is 0 Å². The number of carbonyl (C=O) groups is 3. The Morgan fingerprint density at radius 3 is 2.25 bits per heavy atom. The molecule has 1 aliphatic rings. The minimum absolute atomic E-state index is 0.00825. The van der Waals surface area contributed by atoms with Crippen LogP contribution in [0.15, 0.2) is 0 Å². The molecule has 0 saturated carbocycles. The van der Waals surface area contributed by atoms with Crippen molar-refractivity contribution in [1.82, 2.24) is 10.2 Å². The SMILES string of the molecule is CCC(=O)NC1CCN(C(=O)CC(C)(C)C(=O)O)CC1. The van der Waals surface area contributed by atoms with E-state index in [1.54, 1.807) is 18.7 Å². The van der Waals surface area contributed by atoms with Crippen molar-refractivity contribution in [2.24, 2.45) is 5.41 Å². The fourth-order valence-corrected chi connectivity index (χ4v) is 2.17. The van der Waals surface area contributed by atoms with Crippen LogP contribution in [0.5, 0.6) is 0 Å². The van der Waals surface area contributed by atoms with Gasteiger partial charge in [-0.2, -0.15) is 0 Å². The van der Waals surface area contributed by atoms with Crippen LogP contribution in [-0.2, 0) is 14.4 Å². The van der Waals surface area contributed by atoms with Gasteiger partial charge in [0, 0.05) is 32.0 Å². The molecule has 0 radical (unpaired) electrons. The number of hydrogen-bond acceptors (Lipinski definition) is 3. The summed E-state index contributed by atoms with van der Waals surface area (Å²) in [4.78, 5) is 36.1. The Bertz CT molecular complexity index is 385. The first-order valence-electron chi connectivity index (χ1n) is 7.06. The third-order valence-electron chi connectivity index (χ3n) is 3.71. The molecule has 0 bridgehead atoms. The maximum absolute atomic E-state index is 12.1. The van der Waals surface area contributed by atoms with E-state index in [9.17, 15) is 14.4 Å². The zero-order valence-electron chi connectivity index (χ0n) is 12.4. The molecule has 2 N–H and O–H groups in total. The van der Waals surface area contributed by atoms with Crippen LogP contribution in [0.1, 0.15) is 46.5 Å². The first-order chi connectivity index (χ1) is 9.26. The summed E-state index contributed by atoms with van der Waals surface area (Å²) in [5, 5.41) is 12.0. The van der Waals surface area contributed by atoms with Crippen LogP contribution in [0, 0.1) is 5.41 Å². The number of amides is 2. The van der Waals surface area contributed by atoms with Gasteiger partial charge >= 0.3 is 5.97 Å². The predicted octanol–water partition coefficient (Wildman–Crippen LogP) is 1.00. The molecule has 1 aliphatic heterocycles. The van der Waals surface area contributed by atoms with E-state index < -0.39 is 11.4 Å². The molecule has 0 aromatic carbocycles. The first-order valence-corrected chi connectivity index (χ1v) is 7.06. The van der Waals surface area contributed by atoms with Crippen LogP contribution in [0.25, 0.3) is 0 Å². The lowest BCUT2D eigenvalue weighted by Crippen LogP contribution is -2.47. The monoisotopic (exact) mass is 284 g/mol. The molecule has 6 heteroatoms. The van der Waals surface area contributed by atoms with Crippen LogP contribution in [0.4, 0.5) is 0 Å². The van der Waals surface area contributed by atoms with Crippen LogP contribution < -0.4 is 5.32 Å². The minimum Gasteiger partial charge on any atom is -0.481 e. The normalized spacial score (nSPS) is 16.9. The van der Waals surface area contributed by atoms with Crippen molar-refractivity contribution in [3.05, 3.63) is 0 Å². The Balaban J connectivity index is 2.43. The highest BCUT2D eigenvalue weighted by atomic mass is 16.4. The lowest BCUT2D eigenvalue weighted by Gasteiger charge is -2.33. The maximum Gasteiger partial charge on any atom is 0.309 e. The summed E-state index contributed by atoms with van der Waals surface area (Å²) in [5.41, 5.74) is -1.04. The Morgan fingerprint density at radius 1 is 1.25 bits per heavy atom. The lowest BCUT2D eigenvalue weighted by molar-refractivity contribution is -0.151. The Labute approximate surface area is 119 Å². The van der Waals surface area contributed by atoms with Gasteiger partial charge in [-0.1, -0.05) is 6.92 Å². The molecule has 0 atom stereocenters. The van der Waals surface area contributed by atoms with Gasteiger partial charge in [0.1, 0.15) is 0 Å². The van der Waals surface area contributed by atoms with Crippen LogP contribution in [0.2, 0.25) is 0 Å². The summed E-state index contributed by atoms with van der Waals surface area (Å²) in [6.45, 7) is 6.07. The first kappa shape index (κ1) is 16.5. The zero-order valence-corrected chi connectivity index (χ0v) is 12.4. The predicted molar refractivity (Wildman–Crippen MR) is 74.1 cm³/mol. The summed E-state index contributed by atoms with van der Waals surface area (Å²) >= 11 is 0. The zero-order chi connectivity index (χ0) is 15.3. The van der Waals surface area contributed by atoms with Crippen molar-refractivity contribution in [2.75, 3.05) is 13.1 Å². The molecule has 0 spiro atoms. The summed E-state index contributed by atoms with van der Waals surface area (Å²) in [6, 6.07) is 0.124. The molecule has 0 aromatic rings. The number of aliphatic carboxylic acids is 1. The molecule has 1 saturated heterocycles. The standard InChI is InChI=1S/C14H24N2O4/c1-4-11(17)15-10-5-7-16(8-6-10)12(18)9-14(2,3)13(19)20/h10H,4-9H2,1-3H3,(H,15,17)(H,19,20). The number of hydrogen-bond donors (Lipinski definition) is 2. The number of carboxylic acid groups (broad SMARTS) is 1. The van der Waals surface area contributed by atoms with E-state index in [1.807, 2.05) is 6.92 Å². The van der Waals surface area contributed by atoms with Crippen LogP contribution >= 0.6 is 0 Å². The van der Waals surface area contributed by atoms with Crippen molar-refractivity contribution < 1.29 is 19.5 Å². The number of carbonyl (C=O) groups excluding carboxylic acids is 2. The van der Waals surface area contributed by atoms with Crippen LogP contribution in [0.3, 0.4) is 0 Å². The molecule has 20 heavy (non-hydrogen) atoms. The van der Waals surface area contributed by atoms with Gasteiger partial charge in [-0.25, -0.2) is 0 Å². The Kier molecular flexibility index (Phi) is 5.53. The van der Waals surface area contributed by atoms with Gasteiger partial charge in [0.05, 0.1) is 5.41 Å². The average Bonchev–Trinajstić information content (AvgIpc) is 2.38. The largest absolute Gasteiger partial charge is 0.481 e. The van der Waals surface area contributed by atoms with Gasteiger partial charge in [-0.3, -0.25) is 14.4 Å². The van der Waals surface area contributed by atoms with Crippen LogP contribution in [-0.4, -0.2) is 46.9 Å². The van der Waals surface area contributed by atoms with E-state index in [1.165, 1.54) is 0 Å². The molecule has 6 nitrogen and oxygen atoms in total. The number of rotatable bonds is 5. The Hall–Kier alpha value is -1.59. The highest BCUT2D eigenvalue weighted by Gasteiger charge is 2.33. The van der Waals surface area contributed by atoms with E-state index in [4.69, 9.17) is 5.11 Å². The highest BCUT2D eigenvalue weighted by Crippen LogP contribution is 2.23. The molecule has 114 valence electrons. The lowest BCUT2D eigenvalue weighted by atomic mass is 9.88. The maximum atomic E-state index is 12.1. The molecule has 0 unspecified atom stereocenters. The second-order valence-corrected chi connectivity index (χ2v) is 5.94.